The Labute approximate surface area is 834 Å². The van der Waals surface area contributed by atoms with Gasteiger partial charge in [-0.2, -0.15) is 13.2 Å². The molecule has 16 fully saturated rings. The SMILES string of the molecule is CCC(=O)N1CC(F)(F)C[C@H]1C1CCN(C)CC1.CCOC(=O)N1CCCC1C1CCN(C)CC1.CN1CCC([C@@H]2CCCN2C(=O)OCC(F)(F)F)CC1.CN1CCC([C@@H]2CCCN2C(=O)OCCF)CC1.CNCCOC(=O)N1CCC[C@H]1C1CCN(C)CC1.COC(=O)N1CCCC1C1CCN(C)CC1.COC(=O)N1CCC[C@@H]1C1CCN(C)CC1.COC(=O)N1CCC[C@H]1C1CCN(C)CC1. The lowest BCUT2D eigenvalue weighted by atomic mass is 9.87. The number of carbonyl (C=O) groups is 8. The van der Waals surface area contributed by atoms with Gasteiger partial charge in [0.2, 0.25) is 5.91 Å². The second-order valence-electron chi connectivity index (χ2n) is 42.7. The molecule has 16 aliphatic rings. The molecule has 32 nitrogen and oxygen atoms in total. The number of hydrogen-bond acceptors (Lipinski definition) is 24. The van der Waals surface area contributed by atoms with Crippen LogP contribution in [0.5, 0.6) is 0 Å². The topological polar surface area (TPSA) is 265 Å². The number of halogens is 6. The first kappa shape index (κ1) is 117. The third kappa shape index (κ3) is 36.6. The van der Waals surface area contributed by atoms with E-state index in [-0.39, 0.29) is 80.0 Å². The first-order valence-electron chi connectivity index (χ1n) is 53.8. The number of piperidine rings is 8. The van der Waals surface area contributed by atoms with E-state index in [1.807, 2.05) is 43.4 Å². The van der Waals surface area contributed by atoms with E-state index in [2.05, 4.69) is 106 Å². The normalized spacial score (nSPS) is 27.5. The summed E-state index contributed by atoms with van der Waals surface area (Å²) in [6.07, 6.45) is 27.5. The predicted molar refractivity (Wildman–Crippen MR) is 529 cm³/mol. The molecule has 16 rings (SSSR count). The lowest BCUT2D eigenvalue weighted by molar-refractivity contribution is -0.162. The lowest BCUT2D eigenvalue weighted by Gasteiger charge is -2.36. The Hall–Kier alpha value is -6.42. The number of rotatable bonds is 16. The second-order valence-corrected chi connectivity index (χ2v) is 42.7. The molecule has 0 aliphatic carbocycles. The van der Waals surface area contributed by atoms with Crippen molar-refractivity contribution in [2.24, 2.45) is 47.3 Å². The number of amides is 8. The van der Waals surface area contributed by atoms with E-state index in [1.54, 1.807) is 6.92 Å². The van der Waals surface area contributed by atoms with E-state index in [0.29, 0.717) is 104 Å². The molecule has 1 N–H and O–H groups in total. The Morgan fingerprint density at radius 3 is 0.721 bits per heavy atom. The highest BCUT2D eigenvalue weighted by atomic mass is 19.4. The maximum absolute atomic E-state index is 13.6. The van der Waals surface area contributed by atoms with E-state index in [4.69, 9.17) is 28.4 Å². The van der Waals surface area contributed by atoms with Crippen LogP contribution in [0, 0.1) is 47.3 Å². The van der Waals surface area contributed by atoms with Crippen molar-refractivity contribution >= 4 is 48.6 Å². The third-order valence-electron chi connectivity index (χ3n) is 33.2. The summed E-state index contributed by atoms with van der Waals surface area (Å²) in [7, 11) is 23.4. The van der Waals surface area contributed by atoms with Gasteiger partial charge in [-0.3, -0.25) is 4.79 Å². The number of hydrogen-bond donors (Lipinski definition) is 1. The monoisotopic (exact) mass is 2000 g/mol. The van der Waals surface area contributed by atoms with E-state index in [9.17, 15) is 64.7 Å². The quantitative estimate of drug-likeness (QED) is 0.0855. The van der Waals surface area contributed by atoms with Crippen LogP contribution in [0.3, 0.4) is 0 Å². The van der Waals surface area contributed by atoms with Gasteiger partial charge in [0.15, 0.2) is 6.61 Å². The zero-order valence-electron chi connectivity index (χ0n) is 88.1. The summed E-state index contributed by atoms with van der Waals surface area (Å²) >= 11 is 0. The molecule has 38 heteroatoms. The average Bonchev–Trinajstić information content (AvgIpc) is 1.64. The number of likely N-dealkylation sites (tertiary alicyclic amines) is 16. The van der Waals surface area contributed by atoms with E-state index in [0.717, 1.165) is 279 Å². The van der Waals surface area contributed by atoms with Gasteiger partial charge >= 0.3 is 48.8 Å². The van der Waals surface area contributed by atoms with Crippen LogP contribution in [-0.2, 0) is 38.0 Å². The number of methoxy groups -OCH3 is 3. The molecular formula is C102H183F6N17O15. The molecule has 0 aromatic heterocycles. The van der Waals surface area contributed by atoms with Crippen LogP contribution in [0.25, 0.3) is 0 Å². The number of carbonyl (C=O) groups excluding carboxylic acids is 8. The maximum atomic E-state index is 13.6. The molecule has 140 heavy (non-hydrogen) atoms. The zero-order chi connectivity index (χ0) is 102. The van der Waals surface area contributed by atoms with E-state index >= 15 is 0 Å². The fourth-order valence-electron chi connectivity index (χ4n) is 24.9. The molecular weight excluding hydrogens is 1820 g/mol. The molecule has 8 atom stereocenters. The van der Waals surface area contributed by atoms with Gasteiger partial charge in [0.25, 0.3) is 5.92 Å². The Morgan fingerprint density at radius 1 is 0.300 bits per heavy atom. The molecule has 0 saturated carbocycles. The van der Waals surface area contributed by atoms with Crippen molar-refractivity contribution in [1.29, 1.82) is 0 Å². The zero-order valence-corrected chi connectivity index (χ0v) is 88.1. The van der Waals surface area contributed by atoms with Gasteiger partial charge in [-0.25, -0.2) is 46.7 Å². The molecule has 0 aromatic carbocycles. The smallest absolute Gasteiger partial charge is 0.422 e. The standard InChI is InChI=1S/C14H27N3O2.C13H21F3N2O2.C13H22F2N2O.C13H23FN2O2.C13H24N2O2.3C12H22N2O2/c1-15-7-11-19-14(18)17-8-3-4-13(17)12-5-9-16(2)10-6-12;1-17-7-4-10(5-8-17)11-3-2-6-18(11)12(19)20-9-13(14,15)16;1-3-12(18)17-9-13(14,15)8-11(17)10-4-6-16(2)7-5-10;1-15-8-4-11(5-9-15)12-3-2-7-16(12)13(17)18-10-6-14;1-3-17-13(16)15-8-4-5-12(15)11-6-9-14(2)10-7-11;3*1-13-8-5-10(6-9-13)11-4-3-7-14(11)12(15)16-2/h12-13,15H,3-11H2,1-2H3;10-11H,2-9H2,1H3;10-11H,3-9H2,1-2H3;11-12H,2-10H2,1H3;11-12H,3-10H2,1-2H3;3*10-11H,3-9H2,1-2H3/t13-;2*11-;12-;;2*11-;/m0000.10./s1. The van der Waals surface area contributed by atoms with Gasteiger partial charge in [0.1, 0.15) is 19.9 Å². The van der Waals surface area contributed by atoms with Crippen LogP contribution in [0.1, 0.15) is 219 Å². The predicted octanol–water partition coefficient (Wildman–Crippen LogP) is 14.1. The van der Waals surface area contributed by atoms with Crippen molar-refractivity contribution in [3.8, 4) is 0 Å². The highest BCUT2D eigenvalue weighted by Gasteiger charge is 2.51. The van der Waals surface area contributed by atoms with Crippen LogP contribution >= 0.6 is 0 Å². The first-order valence-corrected chi connectivity index (χ1v) is 53.8. The Balaban J connectivity index is 0.000000179. The molecule has 8 amide bonds. The number of likely N-dealkylation sites (N-methyl/N-ethyl adjacent to an activating group) is 1. The summed E-state index contributed by atoms with van der Waals surface area (Å²) in [4.78, 5) is 127. The minimum absolute atomic E-state index is 0.0458. The number of nitrogens with one attached hydrogen (secondary N) is 1. The summed E-state index contributed by atoms with van der Waals surface area (Å²) in [6, 6.07) is 2.25. The van der Waals surface area contributed by atoms with Gasteiger partial charge in [0, 0.05) is 114 Å². The number of ether oxygens (including phenoxy) is 7. The molecule has 16 heterocycles. The third-order valence-corrected chi connectivity index (χ3v) is 33.2. The van der Waals surface area contributed by atoms with Gasteiger partial charge in [-0.1, -0.05) is 6.92 Å². The molecule has 16 aliphatic heterocycles. The van der Waals surface area contributed by atoms with Crippen molar-refractivity contribution in [3.05, 3.63) is 0 Å². The lowest BCUT2D eigenvalue weighted by Crippen LogP contribution is -2.44. The van der Waals surface area contributed by atoms with Crippen LogP contribution in [-0.4, -0.2) is 469 Å². The molecule has 0 bridgehead atoms. The molecule has 0 aromatic rings. The highest BCUT2D eigenvalue weighted by molar-refractivity contribution is 5.77. The first-order chi connectivity index (χ1) is 67.1. The van der Waals surface area contributed by atoms with Crippen molar-refractivity contribution in [3.63, 3.8) is 0 Å². The van der Waals surface area contributed by atoms with Crippen molar-refractivity contribution in [1.82, 2.24) is 83.7 Å². The fourth-order valence-corrected chi connectivity index (χ4v) is 24.9. The van der Waals surface area contributed by atoms with Gasteiger partial charge in [-0.05, 0) is 415 Å². The van der Waals surface area contributed by atoms with Crippen molar-refractivity contribution < 1.29 is 97.9 Å². The summed E-state index contributed by atoms with van der Waals surface area (Å²) in [5, 5.41) is 2.99. The summed E-state index contributed by atoms with van der Waals surface area (Å²) in [5.41, 5.74) is 0. The Kier molecular flexibility index (Phi) is 50.2. The minimum atomic E-state index is -4.46. The van der Waals surface area contributed by atoms with Gasteiger partial charge < -0.3 is 117 Å². The van der Waals surface area contributed by atoms with Gasteiger partial charge in [-0.15, -0.1) is 0 Å². The summed E-state index contributed by atoms with van der Waals surface area (Å²) < 4.78 is 110. The Morgan fingerprint density at radius 2 is 0.514 bits per heavy atom. The minimum Gasteiger partial charge on any atom is -0.453 e. The van der Waals surface area contributed by atoms with Crippen LogP contribution in [0.4, 0.5) is 59.9 Å². The molecule has 0 radical (unpaired) electrons. The fraction of sp³-hybridized carbons (Fsp3) is 0.922. The molecule has 16 saturated heterocycles. The van der Waals surface area contributed by atoms with Crippen molar-refractivity contribution in [2.45, 2.75) is 280 Å². The van der Waals surface area contributed by atoms with Crippen LogP contribution < -0.4 is 5.32 Å². The maximum Gasteiger partial charge on any atom is 0.422 e. The van der Waals surface area contributed by atoms with Crippen molar-refractivity contribution in [2.75, 3.05) is 281 Å². The summed E-state index contributed by atoms with van der Waals surface area (Å²) in [5.74, 6) is 1.76. The molecule has 808 valence electrons. The highest BCUT2D eigenvalue weighted by Crippen LogP contribution is 2.42. The van der Waals surface area contributed by atoms with Crippen LogP contribution in [0.2, 0.25) is 0 Å². The average molecular weight is 2000 g/mol. The molecule has 2 unspecified atom stereocenters. The number of alkyl halides is 6. The second kappa shape index (κ2) is 60.0. The number of nitrogens with zero attached hydrogens (tertiary/aromatic N) is 16. The summed E-state index contributed by atoms with van der Waals surface area (Å²) in [6.45, 7) is 26.0. The van der Waals surface area contributed by atoms with Gasteiger partial charge in [0.05, 0.1) is 34.5 Å². The van der Waals surface area contributed by atoms with E-state index < -0.39 is 31.5 Å². The Bertz CT molecular complexity index is 3480. The van der Waals surface area contributed by atoms with Crippen LogP contribution in [0.15, 0.2) is 0 Å². The molecule has 0 spiro atoms. The van der Waals surface area contributed by atoms with E-state index in [1.165, 1.54) is 95.3 Å². The largest absolute Gasteiger partial charge is 0.453 e.